The summed E-state index contributed by atoms with van der Waals surface area (Å²) in [5.74, 6) is 1.13. The third kappa shape index (κ3) is 4.74. The summed E-state index contributed by atoms with van der Waals surface area (Å²) in [5.41, 5.74) is 2.27. The van der Waals surface area contributed by atoms with E-state index in [0.717, 1.165) is 30.8 Å². The minimum atomic E-state index is -0.0974. The molecular weight excluding hydrogens is 266 g/mol. The first-order valence-electron chi connectivity index (χ1n) is 7.68. The van der Waals surface area contributed by atoms with Gasteiger partial charge in [0.15, 0.2) is 6.61 Å². The summed E-state index contributed by atoms with van der Waals surface area (Å²) in [4.78, 5) is 11.8. The molecule has 1 N–H and O–H groups in total. The van der Waals surface area contributed by atoms with Crippen LogP contribution in [0.2, 0.25) is 0 Å². The number of ether oxygens (including phenoxy) is 2. The summed E-state index contributed by atoms with van der Waals surface area (Å²) < 4.78 is 11.1. The van der Waals surface area contributed by atoms with E-state index in [-0.39, 0.29) is 18.6 Å². The molecule has 4 nitrogen and oxygen atoms in total. The highest BCUT2D eigenvalue weighted by Gasteiger charge is 2.16. The molecule has 1 aromatic rings. The predicted molar refractivity (Wildman–Crippen MR) is 82.7 cm³/mol. The minimum absolute atomic E-state index is 0.0507. The van der Waals surface area contributed by atoms with Crippen molar-refractivity contribution in [1.82, 2.24) is 5.32 Å². The van der Waals surface area contributed by atoms with Crippen LogP contribution in [0, 0.1) is 6.92 Å². The number of amides is 1. The molecule has 1 fully saturated rings. The Labute approximate surface area is 126 Å². The molecule has 1 saturated heterocycles. The van der Waals surface area contributed by atoms with Crippen LogP contribution in [0.4, 0.5) is 0 Å². The number of benzene rings is 1. The zero-order chi connectivity index (χ0) is 15.2. The van der Waals surface area contributed by atoms with E-state index >= 15 is 0 Å². The van der Waals surface area contributed by atoms with E-state index in [4.69, 9.17) is 9.47 Å². The average Bonchev–Trinajstić information content (AvgIpc) is 2.97. The Kier molecular flexibility index (Phi) is 5.62. The third-order valence-electron chi connectivity index (χ3n) is 3.79. The summed E-state index contributed by atoms with van der Waals surface area (Å²) in [6.07, 6.45) is 2.27. The standard InChI is InChI=1S/C17H25NO3/c1-12(2)14-7-6-13(3)16(9-14)21-11-17(19)18-10-15-5-4-8-20-15/h6-7,9,12,15H,4-5,8,10-11H2,1-3H3,(H,18,19)/t15-/m1/s1. The smallest absolute Gasteiger partial charge is 0.258 e. The molecule has 1 aromatic carbocycles. The first-order valence-corrected chi connectivity index (χ1v) is 7.68. The Balaban J connectivity index is 1.81. The molecule has 0 aliphatic carbocycles. The molecule has 0 unspecified atom stereocenters. The lowest BCUT2D eigenvalue weighted by Gasteiger charge is -2.14. The van der Waals surface area contributed by atoms with Gasteiger partial charge in [0, 0.05) is 13.2 Å². The quantitative estimate of drug-likeness (QED) is 0.876. The molecule has 1 aliphatic rings. The second-order valence-electron chi connectivity index (χ2n) is 5.91. The maximum atomic E-state index is 11.8. The van der Waals surface area contributed by atoms with Crippen molar-refractivity contribution < 1.29 is 14.3 Å². The summed E-state index contributed by atoms with van der Waals surface area (Å²) in [7, 11) is 0. The van der Waals surface area contributed by atoms with Crippen LogP contribution >= 0.6 is 0 Å². The number of carbonyl (C=O) groups is 1. The molecule has 1 aliphatic heterocycles. The number of rotatable bonds is 6. The number of hydrogen-bond acceptors (Lipinski definition) is 3. The van der Waals surface area contributed by atoms with Crippen LogP contribution in [0.3, 0.4) is 0 Å². The van der Waals surface area contributed by atoms with Gasteiger partial charge in [0.1, 0.15) is 5.75 Å². The average molecular weight is 291 g/mol. The van der Waals surface area contributed by atoms with Gasteiger partial charge in [-0.25, -0.2) is 0 Å². The van der Waals surface area contributed by atoms with Gasteiger partial charge >= 0.3 is 0 Å². The van der Waals surface area contributed by atoms with Crippen LogP contribution in [0.25, 0.3) is 0 Å². The number of hydrogen-bond donors (Lipinski definition) is 1. The van der Waals surface area contributed by atoms with Crippen molar-refractivity contribution in [1.29, 1.82) is 0 Å². The molecule has 0 aromatic heterocycles. The summed E-state index contributed by atoms with van der Waals surface area (Å²) in [5, 5.41) is 2.86. The topological polar surface area (TPSA) is 47.6 Å². The maximum absolute atomic E-state index is 11.8. The van der Waals surface area contributed by atoms with Crippen LogP contribution in [0.1, 0.15) is 43.7 Å². The van der Waals surface area contributed by atoms with Crippen LogP contribution in [0.5, 0.6) is 5.75 Å². The third-order valence-corrected chi connectivity index (χ3v) is 3.79. The van der Waals surface area contributed by atoms with Gasteiger partial charge in [-0.05, 0) is 42.9 Å². The fourth-order valence-corrected chi connectivity index (χ4v) is 2.36. The van der Waals surface area contributed by atoms with Gasteiger partial charge in [-0.15, -0.1) is 0 Å². The highest BCUT2D eigenvalue weighted by molar-refractivity contribution is 5.77. The van der Waals surface area contributed by atoms with Crippen LogP contribution < -0.4 is 10.1 Å². The lowest BCUT2D eigenvalue weighted by atomic mass is 10.0. The van der Waals surface area contributed by atoms with E-state index in [0.29, 0.717) is 12.5 Å². The van der Waals surface area contributed by atoms with E-state index in [1.807, 2.05) is 19.1 Å². The first-order chi connectivity index (χ1) is 10.1. The van der Waals surface area contributed by atoms with E-state index in [9.17, 15) is 4.79 Å². The van der Waals surface area contributed by atoms with Crippen LogP contribution in [-0.2, 0) is 9.53 Å². The van der Waals surface area contributed by atoms with Gasteiger partial charge in [-0.3, -0.25) is 4.79 Å². The lowest BCUT2D eigenvalue weighted by molar-refractivity contribution is -0.123. The molecule has 21 heavy (non-hydrogen) atoms. The molecule has 2 rings (SSSR count). The van der Waals surface area contributed by atoms with Crippen molar-refractivity contribution in [3.05, 3.63) is 29.3 Å². The van der Waals surface area contributed by atoms with Crippen molar-refractivity contribution in [2.75, 3.05) is 19.8 Å². The summed E-state index contributed by atoms with van der Waals surface area (Å²) in [6.45, 7) is 7.70. The molecule has 0 saturated carbocycles. The first kappa shape index (κ1) is 15.8. The minimum Gasteiger partial charge on any atom is -0.483 e. The van der Waals surface area contributed by atoms with Gasteiger partial charge < -0.3 is 14.8 Å². The second kappa shape index (κ2) is 7.46. The van der Waals surface area contributed by atoms with E-state index in [2.05, 4.69) is 25.2 Å². The molecule has 0 radical (unpaired) electrons. The van der Waals surface area contributed by atoms with Crippen LogP contribution in [-0.4, -0.2) is 31.8 Å². The van der Waals surface area contributed by atoms with Crippen molar-refractivity contribution in [3.63, 3.8) is 0 Å². The van der Waals surface area contributed by atoms with Gasteiger partial charge in [-0.2, -0.15) is 0 Å². The number of aryl methyl sites for hydroxylation is 1. The lowest BCUT2D eigenvalue weighted by Crippen LogP contribution is -2.35. The van der Waals surface area contributed by atoms with Crippen molar-refractivity contribution in [3.8, 4) is 5.75 Å². The van der Waals surface area contributed by atoms with Gasteiger partial charge in [-0.1, -0.05) is 26.0 Å². The highest BCUT2D eigenvalue weighted by atomic mass is 16.5. The van der Waals surface area contributed by atoms with E-state index < -0.39 is 0 Å². The molecule has 0 spiro atoms. The van der Waals surface area contributed by atoms with Crippen molar-refractivity contribution in [2.45, 2.75) is 45.6 Å². The SMILES string of the molecule is Cc1ccc(C(C)C)cc1OCC(=O)NC[C@H]1CCCO1. The Morgan fingerprint density at radius 3 is 2.95 bits per heavy atom. The Morgan fingerprint density at radius 1 is 1.48 bits per heavy atom. The maximum Gasteiger partial charge on any atom is 0.258 e. The highest BCUT2D eigenvalue weighted by Crippen LogP contribution is 2.24. The van der Waals surface area contributed by atoms with E-state index in [1.54, 1.807) is 0 Å². The zero-order valence-corrected chi connectivity index (χ0v) is 13.1. The Bertz CT molecular complexity index is 479. The fourth-order valence-electron chi connectivity index (χ4n) is 2.36. The Morgan fingerprint density at radius 2 is 2.29 bits per heavy atom. The molecule has 0 bridgehead atoms. The van der Waals surface area contributed by atoms with Crippen molar-refractivity contribution >= 4 is 5.91 Å². The molecule has 1 amide bonds. The van der Waals surface area contributed by atoms with Crippen LogP contribution in [0.15, 0.2) is 18.2 Å². The molecule has 4 heteroatoms. The fraction of sp³-hybridized carbons (Fsp3) is 0.588. The van der Waals surface area contributed by atoms with E-state index in [1.165, 1.54) is 5.56 Å². The zero-order valence-electron chi connectivity index (χ0n) is 13.1. The predicted octanol–water partition coefficient (Wildman–Crippen LogP) is 2.79. The van der Waals surface area contributed by atoms with Gasteiger partial charge in [0.05, 0.1) is 6.10 Å². The summed E-state index contributed by atoms with van der Waals surface area (Å²) in [6, 6.07) is 6.16. The monoisotopic (exact) mass is 291 g/mol. The van der Waals surface area contributed by atoms with Gasteiger partial charge in [0.2, 0.25) is 0 Å². The Hall–Kier alpha value is -1.55. The molecule has 116 valence electrons. The second-order valence-corrected chi connectivity index (χ2v) is 5.91. The largest absolute Gasteiger partial charge is 0.483 e. The molecular formula is C17H25NO3. The molecule has 1 heterocycles. The molecule has 1 atom stereocenters. The number of carbonyl (C=O) groups excluding carboxylic acids is 1. The number of nitrogens with one attached hydrogen (secondary N) is 1. The summed E-state index contributed by atoms with van der Waals surface area (Å²) >= 11 is 0. The normalized spacial score (nSPS) is 18.0. The van der Waals surface area contributed by atoms with Gasteiger partial charge in [0.25, 0.3) is 5.91 Å². The van der Waals surface area contributed by atoms with Crippen molar-refractivity contribution in [2.24, 2.45) is 0 Å².